The van der Waals surface area contributed by atoms with Crippen molar-refractivity contribution in [2.75, 3.05) is 13.6 Å². The molecular formula is C16H25N. The maximum absolute atomic E-state index is 3.77. The Kier molecular flexibility index (Phi) is 6.64. The molecule has 0 aliphatic heterocycles. The minimum atomic E-state index is 1.05. The highest BCUT2D eigenvalue weighted by Gasteiger charge is 1.99. The number of rotatable bonds is 8. The Labute approximate surface area is 106 Å². The minimum absolute atomic E-state index is 1.05. The van der Waals surface area contributed by atoms with Crippen LogP contribution >= 0.6 is 0 Å². The molecule has 0 atom stereocenters. The topological polar surface area (TPSA) is 3.24 Å². The SMILES string of the molecule is C=Cc1ccc(CN(C)CCCCCC)cc1. The second-order valence-corrected chi connectivity index (χ2v) is 4.74. The molecule has 1 rings (SSSR count). The van der Waals surface area contributed by atoms with Crippen LogP contribution in [0.5, 0.6) is 0 Å². The van der Waals surface area contributed by atoms with Gasteiger partial charge in [-0.25, -0.2) is 0 Å². The Morgan fingerprint density at radius 2 is 1.82 bits per heavy atom. The maximum atomic E-state index is 3.77. The van der Waals surface area contributed by atoms with Gasteiger partial charge in [0.15, 0.2) is 0 Å². The van der Waals surface area contributed by atoms with Crippen molar-refractivity contribution in [3.05, 3.63) is 42.0 Å². The third-order valence-corrected chi connectivity index (χ3v) is 3.06. The van der Waals surface area contributed by atoms with Crippen LogP contribution in [0.2, 0.25) is 0 Å². The molecule has 0 aliphatic rings. The molecule has 0 N–H and O–H groups in total. The fourth-order valence-electron chi connectivity index (χ4n) is 1.96. The third-order valence-electron chi connectivity index (χ3n) is 3.06. The fraction of sp³-hybridized carbons (Fsp3) is 0.500. The normalized spacial score (nSPS) is 10.8. The molecule has 1 aromatic carbocycles. The van der Waals surface area contributed by atoms with Gasteiger partial charge in [0.1, 0.15) is 0 Å². The van der Waals surface area contributed by atoms with E-state index in [1.54, 1.807) is 0 Å². The first-order valence-electron chi connectivity index (χ1n) is 6.66. The molecule has 0 radical (unpaired) electrons. The van der Waals surface area contributed by atoms with Crippen LogP contribution in [0.1, 0.15) is 43.7 Å². The molecule has 0 spiro atoms. The predicted molar refractivity (Wildman–Crippen MR) is 77.0 cm³/mol. The standard InChI is InChI=1S/C16H25N/c1-4-6-7-8-13-17(3)14-16-11-9-15(5-2)10-12-16/h5,9-12H,2,4,6-8,13-14H2,1,3H3. The van der Waals surface area contributed by atoms with Crippen LogP contribution in [-0.2, 0) is 6.54 Å². The van der Waals surface area contributed by atoms with Crippen molar-refractivity contribution < 1.29 is 0 Å². The van der Waals surface area contributed by atoms with Gasteiger partial charge in [0, 0.05) is 6.54 Å². The summed E-state index contributed by atoms with van der Waals surface area (Å²) in [5, 5.41) is 0. The summed E-state index contributed by atoms with van der Waals surface area (Å²) in [7, 11) is 2.20. The second kappa shape index (κ2) is 8.08. The van der Waals surface area contributed by atoms with E-state index in [0.717, 1.165) is 6.54 Å². The van der Waals surface area contributed by atoms with Gasteiger partial charge in [-0.2, -0.15) is 0 Å². The van der Waals surface area contributed by atoms with Gasteiger partial charge < -0.3 is 4.90 Å². The van der Waals surface area contributed by atoms with Crippen molar-refractivity contribution in [3.63, 3.8) is 0 Å². The molecule has 0 unspecified atom stereocenters. The average Bonchev–Trinajstić information content (AvgIpc) is 2.36. The molecule has 0 amide bonds. The van der Waals surface area contributed by atoms with Gasteiger partial charge in [-0.15, -0.1) is 0 Å². The summed E-state index contributed by atoms with van der Waals surface area (Å²) in [6.07, 6.45) is 7.23. The summed E-state index contributed by atoms with van der Waals surface area (Å²) < 4.78 is 0. The van der Waals surface area contributed by atoms with Crippen molar-refractivity contribution in [3.8, 4) is 0 Å². The van der Waals surface area contributed by atoms with E-state index in [9.17, 15) is 0 Å². The van der Waals surface area contributed by atoms with Crippen molar-refractivity contribution in [1.29, 1.82) is 0 Å². The van der Waals surface area contributed by atoms with E-state index in [-0.39, 0.29) is 0 Å². The van der Waals surface area contributed by atoms with Gasteiger partial charge >= 0.3 is 0 Å². The highest BCUT2D eigenvalue weighted by molar-refractivity contribution is 5.47. The number of unbranched alkanes of at least 4 members (excludes halogenated alkanes) is 3. The molecule has 0 fully saturated rings. The van der Waals surface area contributed by atoms with Crippen molar-refractivity contribution in [2.45, 2.75) is 39.2 Å². The van der Waals surface area contributed by atoms with Crippen LogP contribution in [0.3, 0.4) is 0 Å². The summed E-state index contributed by atoms with van der Waals surface area (Å²) >= 11 is 0. The molecule has 0 bridgehead atoms. The highest BCUT2D eigenvalue weighted by Crippen LogP contribution is 2.08. The quantitative estimate of drug-likeness (QED) is 0.601. The van der Waals surface area contributed by atoms with Gasteiger partial charge in [0.05, 0.1) is 0 Å². The largest absolute Gasteiger partial charge is 0.302 e. The zero-order valence-electron chi connectivity index (χ0n) is 11.3. The van der Waals surface area contributed by atoms with Crippen molar-refractivity contribution >= 4 is 6.08 Å². The lowest BCUT2D eigenvalue weighted by Gasteiger charge is -2.16. The Balaban J connectivity index is 2.29. The van der Waals surface area contributed by atoms with Gasteiger partial charge in [-0.3, -0.25) is 0 Å². The molecule has 0 aromatic heterocycles. The fourth-order valence-corrected chi connectivity index (χ4v) is 1.96. The van der Waals surface area contributed by atoms with Crippen LogP contribution in [0, 0.1) is 0 Å². The van der Waals surface area contributed by atoms with Crippen LogP contribution in [0.25, 0.3) is 6.08 Å². The lowest BCUT2D eigenvalue weighted by atomic mass is 10.1. The van der Waals surface area contributed by atoms with E-state index in [1.807, 2.05) is 6.08 Å². The van der Waals surface area contributed by atoms with Crippen molar-refractivity contribution in [2.24, 2.45) is 0 Å². The monoisotopic (exact) mass is 231 g/mol. The zero-order valence-corrected chi connectivity index (χ0v) is 11.3. The molecule has 1 nitrogen and oxygen atoms in total. The Hall–Kier alpha value is -1.08. The summed E-state index contributed by atoms with van der Waals surface area (Å²) in [6.45, 7) is 8.27. The van der Waals surface area contributed by atoms with Crippen LogP contribution in [0.4, 0.5) is 0 Å². The Morgan fingerprint density at radius 3 is 2.41 bits per heavy atom. The molecule has 94 valence electrons. The second-order valence-electron chi connectivity index (χ2n) is 4.74. The molecule has 1 aromatic rings. The molecule has 0 aliphatic carbocycles. The summed E-state index contributed by atoms with van der Waals surface area (Å²) in [4.78, 5) is 2.40. The van der Waals surface area contributed by atoms with Gasteiger partial charge in [-0.1, -0.05) is 63.1 Å². The Morgan fingerprint density at radius 1 is 1.12 bits per heavy atom. The zero-order chi connectivity index (χ0) is 12.5. The number of hydrogen-bond acceptors (Lipinski definition) is 1. The molecule has 0 saturated heterocycles. The van der Waals surface area contributed by atoms with Crippen LogP contribution in [-0.4, -0.2) is 18.5 Å². The molecule has 0 heterocycles. The number of benzene rings is 1. The lowest BCUT2D eigenvalue weighted by Crippen LogP contribution is -2.18. The molecule has 1 heteroatoms. The minimum Gasteiger partial charge on any atom is -0.302 e. The van der Waals surface area contributed by atoms with E-state index >= 15 is 0 Å². The average molecular weight is 231 g/mol. The lowest BCUT2D eigenvalue weighted by molar-refractivity contribution is 0.317. The first kappa shape index (κ1) is 14.0. The van der Waals surface area contributed by atoms with Crippen molar-refractivity contribution in [1.82, 2.24) is 4.90 Å². The van der Waals surface area contributed by atoms with Crippen LogP contribution < -0.4 is 0 Å². The van der Waals surface area contributed by atoms with Gasteiger partial charge in [-0.05, 0) is 31.1 Å². The molecule has 17 heavy (non-hydrogen) atoms. The first-order chi connectivity index (χ1) is 8.26. The summed E-state index contributed by atoms with van der Waals surface area (Å²) in [5.74, 6) is 0. The Bertz CT molecular complexity index is 313. The molecule has 0 saturated carbocycles. The first-order valence-corrected chi connectivity index (χ1v) is 6.66. The molecular weight excluding hydrogens is 206 g/mol. The van der Waals surface area contributed by atoms with E-state index < -0.39 is 0 Å². The van der Waals surface area contributed by atoms with E-state index in [2.05, 4.69) is 49.7 Å². The summed E-state index contributed by atoms with van der Waals surface area (Å²) in [5.41, 5.74) is 2.58. The summed E-state index contributed by atoms with van der Waals surface area (Å²) in [6, 6.07) is 8.65. The van der Waals surface area contributed by atoms with E-state index in [4.69, 9.17) is 0 Å². The van der Waals surface area contributed by atoms with Gasteiger partial charge in [0.25, 0.3) is 0 Å². The smallest absolute Gasteiger partial charge is 0.0230 e. The van der Waals surface area contributed by atoms with E-state index in [0.29, 0.717) is 0 Å². The highest BCUT2D eigenvalue weighted by atomic mass is 15.1. The van der Waals surface area contributed by atoms with Gasteiger partial charge in [0.2, 0.25) is 0 Å². The third kappa shape index (κ3) is 5.69. The maximum Gasteiger partial charge on any atom is 0.0230 e. The van der Waals surface area contributed by atoms with E-state index in [1.165, 1.54) is 43.4 Å². The van der Waals surface area contributed by atoms with Crippen LogP contribution in [0.15, 0.2) is 30.8 Å². The number of nitrogens with zero attached hydrogens (tertiary/aromatic N) is 1. The number of hydrogen-bond donors (Lipinski definition) is 0. The predicted octanol–water partition coefficient (Wildman–Crippen LogP) is 4.34.